The van der Waals surface area contributed by atoms with Crippen molar-refractivity contribution in [3.8, 4) is 5.75 Å². The third kappa shape index (κ3) is 4.54. The molecule has 0 heterocycles. The van der Waals surface area contributed by atoms with Crippen LogP contribution in [0.4, 0.5) is 0 Å². The highest BCUT2D eigenvalue weighted by Gasteiger charge is 2.16. The van der Waals surface area contributed by atoms with E-state index in [4.69, 9.17) is 4.74 Å². The first-order valence-electron chi connectivity index (χ1n) is 7.48. The summed E-state index contributed by atoms with van der Waals surface area (Å²) in [6.45, 7) is 15.2. The van der Waals surface area contributed by atoms with Crippen LogP contribution in [0.25, 0.3) is 0 Å². The van der Waals surface area contributed by atoms with E-state index in [1.165, 1.54) is 11.1 Å². The predicted molar refractivity (Wildman–Crippen MR) is 82.9 cm³/mol. The molecule has 1 rings (SSSR count). The van der Waals surface area contributed by atoms with Gasteiger partial charge >= 0.3 is 0 Å². The van der Waals surface area contributed by atoms with Crippen LogP contribution in [0.5, 0.6) is 5.75 Å². The van der Waals surface area contributed by atoms with Crippen LogP contribution >= 0.6 is 0 Å². The van der Waals surface area contributed by atoms with Crippen molar-refractivity contribution in [2.75, 3.05) is 33.3 Å². The van der Waals surface area contributed by atoms with Crippen molar-refractivity contribution in [3.63, 3.8) is 0 Å². The Labute approximate surface area is 119 Å². The average molecular weight is 264 g/mol. The number of benzene rings is 1. The van der Waals surface area contributed by atoms with Crippen LogP contribution in [0.15, 0.2) is 18.2 Å². The fourth-order valence-electron chi connectivity index (χ4n) is 2.16. The Bertz CT molecular complexity index is 394. The lowest BCUT2D eigenvalue weighted by atomic mass is 10.0. The van der Waals surface area contributed by atoms with E-state index in [9.17, 15) is 0 Å². The second kappa shape index (κ2) is 6.95. The van der Waals surface area contributed by atoms with Crippen LogP contribution in [0.1, 0.15) is 44.7 Å². The molecule has 0 atom stereocenters. The Morgan fingerprint density at radius 1 is 1.16 bits per heavy atom. The minimum atomic E-state index is 0.508. The molecule has 0 unspecified atom stereocenters. The van der Waals surface area contributed by atoms with E-state index in [0.717, 1.165) is 36.5 Å². The molecular formula is C17H30NO+. The molecule has 0 saturated carbocycles. The van der Waals surface area contributed by atoms with Gasteiger partial charge in [0.25, 0.3) is 0 Å². The number of rotatable bonds is 7. The van der Waals surface area contributed by atoms with Crippen LogP contribution in [0.3, 0.4) is 0 Å². The SMILES string of the molecule is CC[N+](C)(CC)CCOc1cc(C)ccc1C(C)C. The number of quaternary nitrogens is 1. The number of nitrogens with zero attached hydrogens (tertiary/aromatic N) is 1. The van der Waals surface area contributed by atoms with Gasteiger partial charge in [0.2, 0.25) is 0 Å². The minimum absolute atomic E-state index is 0.508. The first-order valence-corrected chi connectivity index (χ1v) is 7.48. The predicted octanol–water partition coefficient (Wildman–Crippen LogP) is 3.98. The number of hydrogen-bond acceptors (Lipinski definition) is 1. The zero-order valence-electron chi connectivity index (χ0n) is 13.5. The quantitative estimate of drug-likeness (QED) is 0.677. The Morgan fingerprint density at radius 3 is 2.32 bits per heavy atom. The average Bonchev–Trinajstić information content (AvgIpc) is 2.38. The standard InChI is InChI=1S/C17H30NO/c1-7-18(6,8-2)11-12-19-17-13-15(5)9-10-16(17)14(3)4/h9-10,13-14H,7-8,11-12H2,1-6H3/q+1. The van der Waals surface area contributed by atoms with Gasteiger partial charge in [-0.1, -0.05) is 26.0 Å². The largest absolute Gasteiger partial charge is 0.487 e. The maximum atomic E-state index is 6.06. The highest BCUT2D eigenvalue weighted by molar-refractivity contribution is 5.39. The molecule has 19 heavy (non-hydrogen) atoms. The van der Waals surface area contributed by atoms with E-state index in [0.29, 0.717) is 5.92 Å². The molecule has 0 N–H and O–H groups in total. The molecule has 108 valence electrons. The molecule has 0 saturated heterocycles. The van der Waals surface area contributed by atoms with Crippen molar-refractivity contribution in [2.24, 2.45) is 0 Å². The molecule has 2 heteroatoms. The van der Waals surface area contributed by atoms with Crippen LogP contribution in [0, 0.1) is 6.92 Å². The minimum Gasteiger partial charge on any atom is -0.487 e. The third-order valence-electron chi connectivity index (χ3n) is 4.21. The molecule has 0 aliphatic rings. The summed E-state index contributed by atoms with van der Waals surface area (Å²) in [4.78, 5) is 0. The van der Waals surface area contributed by atoms with Gasteiger partial charge in [-0.15, -0.1) is 0 Å². The first kappa shape index (κ1) is 16.0. The molecule has 1 aromatic carbocycles. The van der Waals surface area contributed by atoms with Crippen molar-refractivity contribution in [2.45, 2.75) is 40.5 Å². The summed E-state index contributed by atoms with van der Waals surface area (Å²) < 4.78 is 7.14. The van der Waals surface area contributed by atoms with Crippen LogP contribution in [-0.2, 0) is 0 Å². The maximum absolute atomic E-state index is 6.06. The summed E-state index contributed by atoms with van der Waals surface area (Å²) in [6.07, 6.45) is 0. The fraction of sp³-hybridized carbons (Fsp3) is 0.647. The third-order valence-corrected chi connectivity index (χ3v) is 4.21. The van der Waals surface area contributed by atoms with Crippen molar-refractivity contribution in [1.82, 2.24) is 0 Å². The Balaban J connectivity index is 2.69. The van der Waals surface area contributed by atoms with Crippen LogP contribution in [0.2, 0.25) is 0 Å². The topological polar surface area (TPSA) is 9.23 Å². The highest BCUT2D eigenvalue weighted by Crippen LogP contribution is 2.27. The summed E-state index contributed by atoms with van der Waals surface area (Å²) in [7, 11) is 2.29. The number of aryl methyl sites for hydroxylation is 1. The lowest BCUT2D eigenvalue weighted by Gasteiger charge is -2.32. The summed E-state index contributed by atoms with van der Waals surface area (Å²) >= 11 is 0. The van der Waals surface area contributed by atoms with Crippen molar-refractivity contribution in [3.05, 3.63) is 29.3 Å². The monoisotopic (exact) mass is 264 g/mol. The van der Waals surface area contributed by atoms with Gasteiger partial charge in [0.05, 0.1) is 20.1 Å². The Kier molecular flexibility index (Phi) is 5.86. The van der Waals surface area contributed by atoms with Gasteiger partial charge in [0.15, 0.2) is 0 Å². The molecule has 0 spiro atoms. The van der Waals surface area contributed by atoms with E-state index < -0.39 is 0 Å². The fourth-order valence-corrected chi connectivity index (χ4v) is 2.16. The molecule has 0 radical (unpaired) electrons. The lowest BCUT2D eigenvalue weighted by Crippen LogP contribution is -2.46. The Hall–Kier alpha value is -1.02. The first-order chi connectivity index (χ1) is 8.91. The molecule has 1 aromatic rings. The molecule has 0 aliphatic heterocycles. The Morgan fingerprint density at radius 2 is 1.79 bits per heavy atom. The van der Waals surface area contributed by atoms with E-state index in [-0.39, 0.29) is 0 Å². The van der Waals surface area contributed by atoms with E-state index in [2.05, 4.69) is 59.9 Å². The van der Waals surface area contributed by atoms with Gasteiger partial charge in [-0.05, 0) is 43.9 Å². The van der Waals surface area contributed by atoms with E-state index in [1.807, 2.05) is 0 Å². The molecule has 0 bridgehead atoms. The zero-order chi connectivity index (χ0) is 14.5. The summed E-state index contributed by atoms with van der Waals surface area (Å²) in [6, 6.07) is 6.53. The van der Waals surface area contributed by atoms with Crippen LogP contribution < -0.4 is 4.74 Å². The van der Waals surface area contributed by atoms with Gasteiger partial charge in [0.1, 0.15) is 18.9 Å². The number of hydrogen-bond donors (Lipinski definition) is 0. The molecule has 2 nitrogen and oxygen atoms in total. The molecular weight excluding hydrogens is 234 g/mol. The van der Waals surface area contributed by atoms with Gasteiger partial charge < -0.3 is 9.22 Å². The van der Waals surface area contributed by atoms with Gasteiger partial charge in [-0.25, -0.2) is 0 Å². The number of likely N-dealkylation sites (N-methyl/N-ethyl adjacent to an activating group) is 1. The molecule has 0 aromatic heterocycles. The van der Waals surface area contributed by atoms with E-state index >= 15 is 0 Å². The van der Waals surface area contributed by atoms with Gasteiger partial charge in [-0.3, -0.25) is 0 Å². The lowest BCUT2D eigenvalue weighted by molar-refractivity contribution is -0.906. The highest BCUT2D eigenvalue weighted by atomic mass is 16.5. The van der Waals surface area contributed by atoms with Crippen molar-refractivity contribution >= 4 is 0 Å². The number of ether oxygens (including phenoxy) is 1. The second-order valence-corrected chi connectivity index (χ2v) is 6.02. The summed E-state index contributed by atoms with van der Waals surface area (Å²) in [5, 5.41) is 0. The maximum Gasteiger partial charge on any atom is 0.137 e. The van der Waals surface area contributed by atoms with Gasteiger partial charge in [-0.2, -0.15) is 0 Å². The van der Waals surface area contributed by atoms with Crippen molar-refractivity contribution in [1.29, 1.82) is 0 Å². The van der Waals surface area contributed by atoms with Gasteiger partial charge in [0, 0.05) is 0 Å². The van der Waals surface area contributed by atoms with E-state index in [1.54, 1.807) is 0 Å². The van der Waals surface area contributed by atoms with Crippen LogP contribution in [-0.4, -0.2) is 37.8 Å². The zero-order valence-corrected chi connectivity index (χ0v) is 13.5. The second-order valence-electron chi connectivity index (χ2n) is 6.02. The molecule has 0 amide bonds. The smallest absolute Gasteiger partial charge is 0.137 e. The molecule has 0 fully saturated rings. The van der Waals surface area contributed by atoms with Crippen molar-refractivity contribution < 1.29 is 9.22 Å². The molecule has 0 aliphatic carbocycles. The summed E-state index contributed by atoms with van der Waals surface area (Å²) in [5.41, 5.74) is 2.58. The normalized spacial score (nSPS) is 11.9. The summed E-state index contributed by atoms with van der Waals surface area (Å²) in [5.74, 6) is 1.57.